The average molecular weight is 571 g/mol. The average Bonchev–Trinajstić information content (AvgIpc) is 3.54. The van der Waals surface area contributed by atoms with Crippen molar-refractivity contribution in [1.82, 2.24) is 24.3 Å². The summed E-state index contributed by atoms with van der Waals surface area (Å²) in [6.07, 6.45) is 2.32. The van der Waals surface area contributed by atoms with E-state index < -0.39 is 17.6 Å². The van der Waals surface area contributed by atoms with Gasteiger partial charge in [0.25, 0.3) is 0 Å². The van der Waals surface area contributed by atoms with Gasteiger partial charge in [-0.25, -0.2) is 23.5 Å². The highest BCUT2D eigenvalue weighted by atomic mass is 19.1. The summed E-state index contributed by atoms with van der Waals surface area (Å²) < 4.78 is 45.5. The van der Waals surface area contributed by atoms with Gasteiger partial charge in [-0.2, -0.15) is 10.4 Å². The number of rotatable bonds is 10. The van der Waals surface area contributed by atoms with Crippen LogP contribution in [0, 0.1) is 23.0 Å². The number of pyridine rings is 1. The first-order valence-electron chi connectivity index (χ1n) is 13.2. The summed E-state index contributed by atoms with van der Waals surface area (Å²) in [5.74, 6) is -1.69. The molecular formula is C30H24F2N6O4. The molecule has 3 aromatic heterocycles. The molecule has 42 heavy (non-hydrogen) atoms. The zero-order chi connectivity index (χ0) is 29.2. The van der Waals surface area contributed by atoms with Crippen LogP contribution in [0.2, 0.25) is 0 Å². The molecule has 1 saturated heterocycles. The second kappa shape index (κ2) is 11.4. The van der Waals surface area contributed by atoms with E-state index in [1.165, 1.54) is 16.8 Å². The van der Waals surface area contributed by atoms with Crippen LogP contribution in [0.25, 0.3) is 22.3 Å². The molecule has 0 amide bonds. The molecular weight excluding hydrogens is 546 g/mol. The number of nitrogens with zero attached hydrogens (tertiary/aromatic N) is 6. The normalized spacial score (nSPS) is 14.5. The zero-order valence-corrected chi connectivity index (χ0v) is 22.2. The minimum Gasteiger partial charge on any atom is -0.478 e. The van der Waals surface area contributed by atoms with Crippen molar-refractivity contribution in [3.05, 3.63) is 95.1 Å². The molecule has 0 saturated carbocycles. The number of hydrogen-bond acceptors (Lipinski definition) is 7. The molecule has 4 heterocycles. The molecule has 212 valence electrons. The van der Waals surface area contributed by atoms with Crippen LogP contribution in [0.3, 0.4) is 0 Å². The quantitative estimate of drug-likeness (QED) is 0.255. The van der Waals surface area contributed by atoms with E-state index in [-0.39, 0.29) is 53.9 Å². The van der Waals surface area contributed by atoms with Gasteiger partial charge >= 0.3 is 5.97 Å². The van der Waals surface area contributed by atoms with Crippen molar-refractivity contribution in [2.45, 2.75) is 38.6 Å². The maximum Gasteiger partial charge on any atom is 0.335 e. The fraction of sp³-hybridized carbons (Fsp3) is 0.233. The first-order chi connectivity index (χ1) is 20.4. The number of ether oxygens (including phenoxy) is 2. The molecule has 1 aliphatic heterocycles. The Balaban J connectivity index is 1.26. The molecule has 0 bridgehead atoms. The smallest absolute Gasteiger partial charge is 0.335 e. The van der Waals surface area contributed by atoms with Crippen molar-refractivity contribution in [1.29, 1.82) is 5.26 Å². The Morgan fingerprint density at radius 1 is 1.14 bits per heavy atom. The molecule has 0 unspecified atom stereocenters. The maximum absolute atomic E-state index is 15.4. The van der Waals surface area contributed by atoms with Gasteiger partial charge in [-0.3, -0.25) is 4.68 Å². The number of halogens is 2. The summed E-state index contributed by atoms with van der Waals surface area (Å²) in [6, 6.07) is 15.4. The zero-order valence-electron chi connectivity index (χ0n) is 22.2. The molecule has 12 heteroatoms. The van der Waals surface area contributed by atoms with E-state index in [4.69, 9.17) is 14.7 Å². The molecule has 0 aliphatic carbocycles. The van der Waals surface area contributed by atoms with E-state index in [0.717, 1.165) is 18.6 Å². The van der Waals surface area contributed by atoms with Crippen LogP contribution in [0.15, 0.2) is 60.8 Å². The summed E-state index contributed by atoms with van der Waals surface area (Å²) in [4.78, 5) is 20.5. The van der Waals surface area contributed by atoms with Gasteiger partial charge in [0.05, 0.1) is 46.7 Å². The molecule has 6 rings (SSSR count). The maximum atomic E-state index is 15.4. The van der Waals surface area contributed by atoms with E-state index in [1.54, 1.807) is 36.5 Å². The first kappa shape index (κ1) is 27.0. The lowest BCUT2D eigenvalue weighted by atomic mass is 10.0. The number of benzene rings is 2. The predicted octanol–water partition coefficient (Wildman–Crippen LogP) is 4.75. The molecule has 1 N–H and O–H groups in total. The SMILES string of the molecule is N#CCn1nccc1COc1cccc(-c2cc(F)c(Cc3nc4ccc(C(=O)O)cc4n3C[C@@H]3CCO3)cc2F)n1. The summed E-state index contributed by atoms with van der Waals surface area (Å²) in [5, 5.41) is 22.4. The van der Waals surface area contributed by atoms with E-state index in [2.05, 4.69) is 15.1 Å². The Kier molecular flexibility index (Phi) is 7.33. The van der Waals surface area contributed by atoms with Crippen LogP contribution in [0.1, 0.15) is 33.9 Å². The molecule has 0 spiro atoms. The van der Waals surface area contributed by atoms with E-state index in [9.17, 15) is 9.90 Å². The van der Waals surface area contributed by atoms with E-state index in [0.29, 0.717) is 35.7 Å². The second-order valence-corrected chi connectivity index (χ2v) is 9.82. The lowest BCUT2D eigenvalue weighted by Crippen LogP contribution is -2.31. The molecule has 0 radical (unpaired) electrons. The van der Waals surface area contributed by atoms with Crippen molar-refractivity contribution in [3.8, 4) is 23.2 Å². The Hall–Kier alpha value is -5.15. The fourth-order valence-corrected chi connectivity index (χ4v) is 4.85. The Bertz CT molecular complexity index is 1840. The molecule has 2 aromatic carbocycles. The van der Waals surface area contributed by atoms with E-state index >= 15 is 8.78 Å². The van der Waals surface area contributed by atoms with Gasteiger partial charge in [-0.05, 0) is 54.4 Å². The highest BCUT2D eigenvalue weighted by Gasteiger charge is 2.23. The van der Waals surface area contributed by atoms with Crippen LogP contribution in [0.5, 0.6) is 5.88 Å². The standard InChI is InChI=1S/C30H24F2N6O4/c31-23-15-22(25-2-1-3-29(36-25)42-17-20-6-9-34-38(20)10-8-33)24(32)12-19(23)14-28-35-26-5-4-18(30(39)40)13-27(26)37(28)16-21-7-11-41-21/h1-6,9,12-13,15,21H,7,10-11,14,16-17H2,(H,39,40)/t21-/m0/s1. The number of carboxylic acids is 1. The molecule has 1 fully saturated rings. The second-order valence-electron chi connectivity index (χ2n) is 9.82. The number of aromatic carboxylic acids is 1. The minimum atomic E-state index is -1.07. The van der Waals surface area contributed by atoms with Crippen molar-refractivity contribution in [2.24, 2.45) is 0 Å². The van der Waals surface area contributed by atoms with Crippen LogP contribution in [0.4, 0.5) is 8.78 Å². The van der Waals surface area contributed by atoms with Crippen molar-refractivity contribution < 1.29 is 28.2 Å². The third-order valence-corrected chi connectivity index (χ3v) is 7.13. The fourth-order valence-electron chi connectivity index (χ4n) is 4.85. The number of aromatic nitrogens is 5. The molecule has 10 nitrogen and oxygen atoms in total. The van der Waals surface area contributed by atoms with Gasteiger partial charge < -0.3 is 19.1 Å². The highest BCUT2D eigenvalue weighted by Crippen LogP contribution is 2.29. The lowest BCUT2D eigenvalue weighted by molar-refractivity contribution is -0.0589. The number of hydrogen-bond donors (Lipinski definition) is 1. The van der Waals surface area contributed by atoms with Crippen LogP contribution < -0.4 is 4.74 Å². The summed E-state index contributed by atoms with van der Waals surface area (Å²) >= 11 is 0. The van der Waals surface area contributed by atoms with Crippen molar-refractivity contribution in [2.75, 3.05) is 6.61 Å². The van der Waals surface area contributed by atoms with Crippen molar-refractivity contribution in [3.63, 3.8) is 0 Å². The van der Waals surface area contributed by atoms with Gasteiger partial charge in [-0.15, -0.1) is 0 Å². The molecule has 1 aliphatic rings. The highest BCUT2D eigenvalue weighted by molar-refractivity contribution is 5.92. The topological polar surface area (TPSA) is 128 Å². The summed E-state index contributed by atoms with van der Waals surface area (Å²) in [5.41, 5.74) is 2.18. The third kappa shape index (κ3) is 5.42. The number of imidazole rings is 1. The number of carboxylic acid groups (broad SMARTS) is 1. The van der Waals surface area contributed by atoms with Gasteiger partial charge in [0.2, 0.25) is 5.88 Å². The number of nitriles is 1. The minimum absolute atomic E-state index is 0.0141. The summed E-state index contributed by atoms with van der Waals surface area (Å²) in [7, 11) is 0. The third-order valence-electron chi connectivity index (χ3n) is 7.13. The van der Waals surface area contributed by atoms with Gasteiger partial charge in [0.15, 0.2) is 0 Å². The largest absolute Gasteiger partial charge is 0.478 e. The Morgan fingerprint density at radius 2 is 2.00 bits per heavy atom. The van der Waals surface area contributed by atoms with Gasteiger partial charge in [0, 0.05) is 30.9 Å². The lowest BCUT2D eigenvalue weighted by Gasteiger charge is -2.27. The van der Waals surface area contributed by atoms with Gasteiger partial charge in [0.1, 0.15) is 30.6 Å². The van der Waals surface area contributed by atoms with Crippen LogP contribution in [-0.4, -0.2) is 48.1 Å². The summed E-state index contributed by atoms with van der Waals surface area (Å²) in [6.45, 7) is 1.23. The van der Waals surface area contributed by atoms with E-state index in [1.807, 2.05) is 10.6 Å². The molecule has 5 aromatic rings. The Labute approximate surface area is 238 Å². The predicted molar refractivity (Wildman–Crippen MR) is 146 cm³/mol. The number of carbonyl (C=O) groups is 1. The van der Waals surface area contributed by atoms with Gasteiger partial charge in [-0.1, -0.05) is 6.07 Å². The molecule has 1 atom stereocenters. The first-order valence-corrected chi connectivity index (χ1v) is 13.2. The van der Waals surface area contributed by atoms with Crippen LogP contribution >= 0.6 is 0 Å². The Morgan fingerprint density at radius 3 is 2.76 bits per heavy atom. The number of fused-ring (bicyclic) bond motifs is 1. The van der Waals surface area contributed by atoms with Crippen LogP contribution in [-0.2, 0) is 30.9 Å². The monoisotopic (exact) mass is 570 g/mol. The van der Waals surface area contributed by atoms with Crippen molar-refractivity contribution >= 4 is 17.0 Å².